The number of hydrogen-bond donors (Lipinski definition) is 0. The van der Waals surface area contributed by atoms with Crippen LogP contribution in [-0.4, -0.2) is 42.0 Å². The van der Waals surface area contributed by atoms with E-state index >= 15 is 0 Å². The summed E-state index contributed by atoms with van der Waals surface area (Å²) < 4.78 is 0. The Kier molecular flexibility index (Phi) is 3.67. The molecular formula is C15H21N3O. The van der Waals surface area contributed by atoms with E-state index in [4.69, 9.17) is 0 Å². The number of aromatic nitrogens is 1. The largest absolute Gasteiger partial charge is 0.357 e. The molecule has 0 bridgehead atoms. The van der Waals surface area contributed by atoms with Crippen molar-refractivity contribution in [3.63, 3.8) is 0 Å². The van der Waals surface area contributed by atoms with Crippen molar-refractivity contribution in [3.05, 3.63) is 23.9 Å². The molecule has 3 rings (SSSR count). The maximum Gasteiger partial charge on any atom is 0.255 e. The molecule has 4 heteroatoms. The highest BCUT2D eigenvalue weighted by Gasteiger charge is 2.20. The van der Waals surface area contributed by atoms with Crippen LogP contribution >= 0.6 is 0 Å². The fraction of sp³-hybridized carbons (Fsp3) is 0.600. The first-order valence-electron chi connectivity index (χ1n) is 7.35. The summed E-state index contributed by atoms with van der Waals surface area (Å²) in [7, 11) is 0. The van der Waals surface area contributed by atoms with Gasteiger partial charge < -0.3 is 9.80 Å². The predicted octanol–water partition coefficient (Wildman–Crippen LogP) is 2.31. The Morgan fingerprint density at radius 1 is 0.947 bits per heavy atom. The Bertz CT molecular complexity index is 431. The summed E-state index contributed by atoms with van der Waals surface area (Å²) in [6.07, 6.45) is 7.81. The molecule has 2 saturated heterocycles. The molecular weight excluding hydrogens is 238 g/mol. The summed E-state index contributed by atoms with van der Waals surface area (Å²) in [6, 6.07) is 3.92. The van der Waals surface area contributed by atoms with Gasteiger partial charge in [0, 0.05) is 32.4 Å². The molecule has 1 aromatic rings. The van der Waals surface area contributed by atoms with Gasteiger partial charge in [0.1, 0.15) is 5.82 Å². The molecule has 0 saturated carbocycles. The van der Waals surface area contributed by atoms with Gasteiger partial charge in [0.05, 0.1) is 5.56 Å². The molecule has 0 spiro atoms. The first kappa shape index (κ1) is 12.5. The minimum atomic E-state index is 0.134. The number of hydrogen-bond acceptors (Lipinski definition) is 3. The quantitative estimate of drug-likeness (QED) is 0.817. The minimum Gasteiger partial charge on any atom is -0.357 e. The Balaban J connectivity index is 1.69. The lowest BCUT2D eigenvalue weighted by Crippen LogP contribution is -2.30. The lowest BCUT2D eigenvalue weighted by atomic mass is 10.1. The molecule has 0 radical (unpaired) electrons. The normalized spacial score (nSPS) is 19.8. The van der Waals surface area contributed by atoms with E-state index in [1.54, 1.807) is 6.20 Å². The zero-order chi connectivity index (χ0) is 13.1. The summed E-state index contributed by atoms with van der Waals surface area (Å²) >= 11 is 0. The van der Waals surface area contributed by atoms with Gasteiger partial charge in [-0.05, 0) is 44.2 Å². The average Bonchev–Trinajstić information content (AvgIpc) is 3.02. The van der Waals surface area contributed by atoms with Gasteiger partial charge >= 0.3 is 0 Å². The summed E-state index contributed by atoms with van der Waals surface area (Å²) in [6.45, 7) is 3.97. The SMILES string of the molecule is O=C(c1ccc(N2CCCCC2)nc1)N1CCCC1. The van der Waals surface area contributed by atoms with Crippen molar-refractivity contribution in [2.45, 2.75) is 32.1 Å². The fourth-order valence-electron chi connectivity index (χ4n) is 2.93. The van der Waals surface area contributed by atoms with E-state index in [0.717, 1.165) is 50.4 Å². The molecule has 0 aliphatic carbocycles. The Labute approximate surface area is 114 Å². The summed E-state index contributed by atoms with van der Waals surface area (Å²) in [5.74, 6) is 1.15. The van der Waals surface area contributed by atoms with Crippen molar-refractivity contribution >= 4 is 11.7 Å². The van der Waals surface area contributed by atoms with Crippen molar-refractivity contribution in [3.8, 4) is 0 Å². The molecule has 0 unspecified atom stereocenters. The van der Waals surface area contributed by atoms with Crippen LogP contribution in [0.1, 0.15) is 42.5 Å². The number of anilines is 1. The van der Waals surface area contributed by atoms with Crippen molar-refractivity contribution < 1.29 is 4.79 Å². The van der Waals surface area contributed by atoms with Crippen molar-refractivity contribution in [1.82, 2.24) is 9.88 Å². The van der Waals surface area contributed by atoms with Crippen molar-refractivity contribution in [2.75, 3.05) is 31.1 Å². The number of likely N-dealkylation sites (tertiary alicyclic amines) is 1. The van der Waals surface area contributed by atoms with Crippen LogP contribution in [0.4, 0.5) is 5.82 Å². The highest BCUT2D eigenvalue weighted by molar-refractivity contribution is 5.94. The zero-order valence-corrected chi connectivity index (χ0v) is 11.3. The summed E-state index contributed by atoms with van der Waals surface area (Å²) in [5, 5.41) is 0. The van der Waals surface area contributed by atoms with E-state index < -0.39 is 0 Å². The van der Waals surface area contributed by atoms with Gasteiger partial charge in [-0.1, -0.05) is 0 Å². The zero-order valence-electron chi connectivity index (χ0n) is 11.3. The number of nitrogens with zero attached hydrogens (tertiary/aromatic N) is 3. The van der Waals surface area contributed by atoms with Crippen molar-refractivity contribution in [1.29, 1.82) is 0 Å². The van der Waals surface area contributed by atoms with Crippen LogP contribution in [-0.2, 0) is 0 Å². The third kappa shape index (κ3) is 2.72. The van der Waals surface area contributed by atoms with E-state index in [0.29, 0.717) is 0 Å². The van der Waals surface area contributed by atoms with Gasteiger partial charge in [-0.3, -0.25) is 4.79 Å². The fourth-order valence-corrected chi connectivity index (χ4v) is 2.93. The van der Waals surface area contributed by atoms with Gasteiger partial charge in [-0.15, -0.1) is 0 Å². The molecule has 2 fully saturated rings. The lowest BCUT2D eigenvalue weighted by Gasteiger charge is -2.27. The van der Waals surface area contributed by atoms with Gasteiger partial charge in [-0.2, -0.15) is 0 Å². The van der Waals surface area contributed by atoms with E-state index in [9.17, 15) is 4.79 Å². The molecule has 1 aromatic heterocycles. The minimum absolute atomic E-state index is 0.134. The summed E-state index contributed by atoms with van der Waals surface area (Å²) in [5.41, 5.74) is 0.725. The Morgan fingerprint density at radius 2 is 1.63 bits per heavy atom. The van der Waals surface area contributed by atoms with Gasteiger partial charge in [-0.25, -0.2) is 4.98 Å². The maximum absolute atomic E-state index is 12.2. The van der Waals surface area contributed by atoms with Crippen molar-refractivity contribution in [2.24, 2.45) is 0 Å². The molecule has 2 aliphatic rings. The molecule has 1 amide bonds. The number of amides is 1. The molecule has 4 nitrogen and oxygen atoms in total. The third-order valence-electron chi connectivity index (χ3n) is 4.07. The number of piperidine rings is 1. The molecule has 0 atom stereocenters. The molecule has 0 N–H and O–H groups in total. The average molecular weight is 259 g/mol. The Morgan fingerprint density at radius 3 is 2.26 bits per heavy atom. The molecule has 102 valence electrons. The van der Waals surface area contributed by atoms with Crippen LogP contribution in [0.2, 0.25) is 0 Å². The number of rotatable bonds is 2. The van der Waals surface area contributed by atoms with Crippen LogP contribution in [0.5, 0.6) is 0 Å². The standard InChI is InChI=1S/C15H21N3O/c19-15(18-10-4-5-11-18)13-6-7-14(16-12-13)17-8-2-1-3-9-17/h6-7,12H,1-5,8-11H2. The van der Waals surface area contributed by atoms with E-state index in [1.165, 1.54) is 19.3 Å². The number of pyridine rings is 1. The molecule has 3 heterocycles. The second-order valence-corrected chi connectivity index (χ2v) is 5.45. The maximum atomic E-state index is 12.2. The van der Waals surface area contributed by atoms with Crippen LogP contribution < -0.4 is 4.90 Å². The van der Waals surface area contributed by atoms with Crippen LogP contribution in [0.3, 0.4) is 0 Å². The number of carbonyl (C=O) groups excluding carboxylic acids is 1. The van der Waals surface area contributed by atoms with Gasteiger partial charge in [0.15, 0.2) is 0 Å². The molecule has 0 aromatic carbocycles. The predicted molar refractivity (Wildman–Crippen MR) is 75.4 cm³/mol. The van der Waals surface area contributed by atoms with E-state index in [-0.39, 0.29) is 5.91 Å². The van der Waals surface area contributed by atoms with Gasteiger partial charge in [0.25, 0.3) is 5.91 Å². The lowest BCUT2D eigenvalue weighted by molar-refractivity contribution is 0.0792. The highest BCUT2D eigenvalue weighted by Crippen LogP contribution is 2.19. The van der Waals surface area contributed by atoms with E-state index in [2.05, 4.69) is 9.88 Å². The topological polar surface area (TPSA) is 36.4 Å². The third-order valence-corrected chi connectivity index (χ3v) is 4.07. The molecule has 2 aliphatic heterocycles. The second kappa shape index (κ2) is 5.59. The Hall–Kier alpha value is -1.58. The first-order chi connectivity index (χ1) is 9.34. The van der Waals surface area contributed by atoms with Gasteiger partial charge in [0.2, 0.25) is 0 Å². The van der Waals surface area contributed by atoms with Crippen LogP contribution in [0, 0.1) is 0 Å². The molecule has 19 heavy (non-hydrogen) atoms. The smallest absolute Gasteiger partial charge is 0.255 e. The van der Waals surface area contributed by atoms with Crippen LogP contribution in [0.25, 0.3) is 0 Å². The van der Waals surface area contributed by atoms with E-state index in [1.807, 2.05) is 17.0 Å². The number of carbonyl (C=O) groups is 1. The van der Waals surface area contributed by atoms with Crippen LogP contribution in [0.15, 0.2) is 18.3 Å². The summed E-state index contributed by atoms with van der Waals surface area (Å²) in [4.78, 5) is 20.9. The second-order valence-electron chi connectivity index (χ2n) is 5.45. The highest BCUT2D eigenvalue weighted by atomic mass is 16.2. The first-order valence-corrected chi connectivity index (χ1v) is 7.35. The monoisotopic (exact) mass is 259 g/mol.